The average Bonchev–Trinajstić information content (AvgIpc) is 2.53. The van der Waals surface area contributed by atoms with Gasteiger partial charge in [-0.3, -0.25) is 15.2 Å². The van der Waals surface area contributed by atoms with Gasteiger partial charge in [-0.25, -0.2) is 5.84 Å². The summed E-state index contributed by atoms with van der Waals surface area (Å²) in [6.07, 6.45) is 1.41. The molecule has 0 aliphatic rings. The van der Waals surface area contributed by atoms with E-state index in [0.29, 0.717) is 22.6 Å². The number of nitrogen functional groups attached to an aromatic ring is 1. The lowest BCUT2D eigenvalue weighted by atomic mass is 10.2. The molecule has 1 aromatic carbocycles. The molecular formula is C14H12N4O2. The molecule has 100 valence electrons. The second-order valence-corrected chi connectivity index (χ2v) is 3.91. The Balaban J connectivity index is 2.04. The van der Waals surface area contributed by atoms with Crippen molar-refractivity contribution < 1.29 is 9.53 Å². The van der Waals surface area contributed by atoms with Crippen molar-refractivity contribution in [3.05, 3.63) is 59.4 Å². The maximum absolute atomic E-state index is 11.2. The molecule has 0 saturated heterocycles. The number of hydrogen-bond acceptors (Lipinski definition) is 5. The number of pyridine rings is 1. The van der Waals surface area contributed by atoms with Crippen molar-refractivity contribution in [3.8, 4) is 11.8 Å². The number of nitrogens with one attached hydrogen (secondary N) is 1. The van der Waals surface area contributed by atoms with Crippen LogP contribution in [0.25, 0.3) is 0 Å². The molecule has 2 aromatic rings. The predicted octanol–water partition coefficient (Wildman–Crippen LogP) is 1.14. The van der Waals surface area contributed by atoms with Crippen LogP contribution < -0.4 is 16.0 Å². The van der Waals surface area contributed by atoms with Crippen molar-refractivity contribution in [3.63, 3.8) is 0 Å². The first-order chi connectivity index (χ1) is 9.74. The Hall–Kier alpha value is -2.91. The van der Waals surface area contributed by atoms with Crippen LogP contribution in [0.1, 0.15) is 21.6 Å². The summed E-state index contributed by atoms with van der Waals surface area (Å²) >= 11 is 0. The molecule has 0 unspecified atom stereocenters. The monoisotopic (exact) mass is 268 g/mol. The summed E-state index contributed by atoms with van der Waals surface area (Å²) in [5.41, 5.74) is 3.51. The predicted molar refractivity (Wildman–Crippen MR) is 71.4 cm³/mol. The number of ether oxygens (including phenoxy) is 1. The van der Waals surface area contributed by atoms with Gasteiger partial charge in [0.25, 0.3) is 5.91 Å². The molecule has 0 aliphatic heterocycles. The van der Waals surface area contributed by atoms with Gasteiger partial charge in [0.15, 0.2) is 0 Å². The number of para-hydroxylation sites is 1. The van der Waals surface area contributed by atoms with E-state index in [-0.39, 0.29) is 6.61 Å². The smallest absolute Gasteiger partial charge is 0.266 e. The molecule has 20 heavy (non-hydrogen) atoms. The number of nitrogens with two attached hydrogens (primary N) is 1. The van der Waals surface area contributed by atoms with Crippen LogP contribution in [0, 0.1) is 11.3 Å². The number of rotatable bonds is 4. The van der Waals surface area contributed by atoms with E-state index >= 15 is 0 Å². The van der Waals surface area contributed by atoms with Crippen molar-refractivity contribution in [2.45, 2.75) is 6.61 Å². The van der Waals surface area contributed by atoms with E-state index < -0.39 is 5.91 Å². The molecule has 1 amide bonds. The first kappa shape index (κ1) is 13.5. The van der Waals surface area contributed by atoms with Crippen LogP contribution in [-0.2, 0) is 6.61 Å². The second kappa shape index (κ2) is 6.31. The Morgan fingerprint density at radius 1 is 1.35 bits per heavy atom. The van der Waals surface area contributed by atoms with Crippen LogP contribution >= 0.6 is 0 Å². The highest BCUT2D eigenvalue weighted by atomic mass is 16.5. The minimum absolute atomic E-state index is 0.212. The van der Waals surface area contributed by atoms with Gasteiger partial charge < -0.3 is 4.74 Å². The Morgan fingerprint density at radius 2 is 2.15 bits per heavy atom. The molecule has 1 aromatic heterocycles. The van der Waals surface area contributed by atoms with Crippen LogP contribution in [0.2, 0.25) is 0 Å². The van der Waals surface area contributed by atoms with Gasteiger partial charge in [0.2, 0.25) is 0 Å². The zero-order valence-electron chi connectivity index (χ0n) is 10.5. The molecule has 6 heteroatoms. The Bertz CT molecular complexity index is 647. The standard InChI is InChI=1S/C14H12N4O2/c15-7-10-3-1-2-4-13(10)20-9-12-6-5-11(8-17-12)14(19)18-16/h1-6,8H,9,16H2,(H,18,19). The lowest BCUT2D eigenvalue weighted by molar-refractivity contribution is 0.0953. The zero-order valence-corrected chi connectivity index (χ0v) is 10.5. The zero-order chi connectivity index (χ0) is 14.4. The molecule has 0 atom stereocenters. The van der Waals surface area contributed by atoms with Gasteiger partial charge in [0, 0.05) is 6.20 Å². The molecule has 0 aliphatic carbocycles. The Morgan fingerprint density at radius 3 is 2.80 bits per heavy atom. The van der Waals surface area contributed by atoms with E-state index in [1.54, 1.807) is 36.4 Å². The summed E-state index contributed by atoms with van der Waals surface area (Å²) in [6.45, 7) is 0.212. The van der Waals surface area contributed by atoms with Crippen LogP contribution in [-0.4, -0.2) is 10.9 Å². The highest BCUT2D eigenvalue weighted by Crippen LogP contribution is 2.17. The summed E-state index contributed by atoms with van der Waals surface area (Å²) in [6, 6.07) is 12.3. The van der Waals surface area contributed by atoms with Gasteiger partial charge in [-0.15, -0.1) is 0 Å². The number of hydrazine groups is 1. The van der Waals surface area contributed by atoms with Gasteiger partial charge in [-0.2, -0.15) is 5.26 Å². The molecule has 0 radical (unpaired) electrons. The van der Waals surface area contributed by atoms with E-state index in [2.05, 4.69) is 11.1 Å². The normalized spacial score (nSPS) is 9.60. The van der Waals surface area contributed by atoms with Gasteiger partial charge >= 0.3 is 0 Å². The van der Waals surface area contributed by atoms with E-state index in [1.165, 1.54) is 6.20 Å². The molecule has 1 heterocycles. The molecule has 0 spiro atoms. The van der Waals surface area contributed by atoms with Crippen LogP contribution in [0.15, 0.2) is 42.6 Å². The van der Waals surface area contributed by atoms with Crippen molar-refractivity contribution in [2.24, 2.45) is 5.84 Å². The largest absolute Gasteiger partial charge is 0.486 e. The number of aromatic nitrogens is 1. The number of benzene rings is 1. The number of amides is 1. The quantitative estimate of drug-likeness (QED) is 0.492. The molecule has 0 bridgehead atoms. The van der Waals surface area contributed by atoms with E-state index in [4.69, 9.17) is 15.8 Å². The van der Waals surface area contributed by atoms with Crippen LogP contribution in [0.3, 0.4) is 0 Å². The van der Waals surface area contributed by atoms with Crippen molar-refractivity contribution >= 4 is 5.91 Å². The van der Waals surface area contributed by atoms with E-state index in [9.17, 15) is 4.79 Å². The summed E-state index contributed by atoms with van der Waals surface area (Å²) in [5, 5.41) is 8.94. The molecule has 0 saturated carbocycles. The van der Waals surface area contributed by atoms with Gasteiger partial charge in [-0.05, 0) is 24.3 Å². The number of hydrogen-bond donors (Lipinski definition) is 2. The number of carbonyl (C=O) groups is 1. The first-order valence-electron chi connectivity index (χ1n) is 5.82. The highest BCUT2D eigenvalue weighted by Gasteiger charge is 2.05. The maximum Gasteiger partial charge on any atom is 0.266 e. The highest BCUT2D eigenvalue weighted by molar-refractivity contribution is 5.93. The second-order valence-electron chi connectivity index (χ2n) is 3.91. The van der Waals surface area contributed by atoms with Gasteiger partial charge in [0.1, 0.15) is 18.4 Å². The SMILES string of the molecule is N#Cc1ccccc1OCc1ccc(C(=O)NN)cn1. The topological polar surface area (TPSA) is 101 Å². The van der Waals surface area contributed by atoms with Crippen LogP contribution in [0.5, 0.6) is 5.75 Å². The third-order valence-corrected chi connectivity index (χ3v) is 2.60. The van der Waals surface area contributed by atoms with Crippen molar-refractivity contribution in [2.75, 3.05) is 0 Å². The maximum atomic E-state index is 11.2. The third kappa shape index (κ3) is 3.10. The molecule has 3 N–H and O–H groups in total. The van der Waals surface area contributed by atoms with E-state index in [0.717, 1.165) is 0 Å². The van der Waals surface area contributed by atoms with Crippen molar-refractivity contribution in [1.82, 2.24) is 10.4 Å². The average molecular weight is 268 g/mol. The number of nitriles is 1. The summed E-state index contributed by atoms with van der Waals surface area (Å²) in [5.74, 6) is 5.12. The minimum Gasteiger partial charge on any atom is -0.486 e. The molecule has 6 nitrogen and oxygen atoms in total. The van der Waals surface area contributed by atoms with Gasteiger partial charge in [-0.1, -0.05) is 12.1 Å². The Labute approximate surface area is 115 Å². The fourth-order valence-electron chi connectivity index (χ4n) is 1.56. The fourth-order valence-corrected chi connectivity index (χ4v) is 1.56. The summed E-state index contributed by atoms with van der Waals surface area (Å²) in [7, 11) is 0. The lowest BCUT2D eigenvalue weighted by Gasteiger charge is -2.07. The minimum atomic E-state index is -0.403. The lowest BCUT2D eigenvalue weighted by Crippen LogP contribution is -2.30. The van der Waals surface area contributed by atoms with Crippen LogP contribution in [0.4, 0.5) is 0 Å². The fraction of sp³-hybridized carbons (Fsp3) is 0.0714. The number of nitrogens with zero attached hydrogens (tertiary/aromatic N) is 2. The Kier molecular flexibility index (Phi) is 4.27. The third-order valence-electron chi connectivity index (χ3n) is 2.60. The molecule has 2 rings (SSSR count). The molecular weight excluding hydrogens is 256 g/mol. The van der Waals surface area contributed by atoms with Gasteiger partial charge in [0.05, 0.1) is 16.8 Å². The summed E-state index contributed by atoms with van der Waals surface area (Å²) < 4.78 is 5.53. The summed E-state index contributed by atoms with van der Waals surface area (Å²) in [4.78, 5) is 15.3. The molecule has 0 fully saturated rings. The van der Waals surface area contributed by atoms with Crippen molar-refractivity contribution in [1.29, 1.82) is 5.26 Å². The first-order valence-corrected chi connectivity index (χ1v) is 5.82. The number of carbonyl (C=O) groups excluding carboxylic acids is 1. The van der Waals surface area contributed by atoms with E-state index in [1.807, 2.05) is 5.43 Å².